The molecule has 0 atom stereocenters. The van der Waals surface area contributed by atoms with Gasteiger partial charge in [0, 0.05) is 31.0 Å². The molecule has 118 valence electrons. The molecule has 1 fully saturated rings. The van der Waals surface area contributed by atoms with Crippen LogP contribution in [-0.2, 0) is 0 Å². The van der Waals surface area contributed by atoms with E-state index in [9.17, 15) is 9.59 Å². The molecular weight excluding hydrogens is 314 g/mol. The predicted octanol–water partition coefficient (Wildman–Crippen LogP) is 2.73. The first-order chi connectivity index (χ1) is 11.1. The number of hydrogen-bond acceptors (Lipinski definition) is 6. The maximum atomic E-state index is 12.0. The van der Waals surface area contributed by atoms with E-state index in [0.29, 0.717) is 4.88 Å². The second kappa shape index (κ2) is 6.70. The van der Waals surface area contributed by atoms with Gasteiger partial charge in [0.2, 0.25) is 5.95 Å². The smallest absolute Gasteiger partial charge is 0.345 e. The summed E-state index contributed by atoms with van der Waals surface area (Å²) in [5, 5.41) is 8.86. The average Bonchev–Trinajstić information content (AvgIpc) is 3.24. The number of carbonyl (C=O) groups excluding carboxylic acids is 1. The van der Waals surface area contributed by atoms with Gasteiger partial charge in [-0.3, -0.25) is 4.79 Å². The van der Waals surface area contributed by atoms with Crippen LogP contribution in [0.25, 0.3) is 6.08 Å². The van der Waals surface area contributed by atoms with Crippen LogP contribution < -0.4 is 4.90 Å². The zero-order valence-electron chi connectivity index (χ0n) is 12.3. The van der Waals surface area contributed by atoms with Gasteiger partial charge < -0.3 is 10.0 Å². The molecule has 0 saturated carbocycles. The Labute approximate surface area is 137 Å². The standard InChI is InChI=1S/C16H15N3O3S/c20-12(13-5-6-14(23-13)15(21)22)4-3-11-9-17-16(18-10-11)19-7-1-2-8-19/h3-6,9-10H,1-2,7-8H2,(H,21,22)/b4-3-. The van der Waals surface area contributed by atoms with Crippen molar-refractivity contribution in [1.82, 2.24) is 9.97 Å². The van der Waals surface area contributed by atoms with E-state index >= 15 is 0 Å². The van der Waals surface area contributed by atoms with Crippen molar-refractivity contribution in [1.29, 1.82) is 0 Å². The van der Waals surface area contributed by atoms with Gasteiger partial charge in [0.25, 0.3) is 0 Å². The molecule has 23 heavy (non-hydrogen) atoms. The Kier molecular flexibility index (Phi) is 4.47. The topological polar surface area (TPSA) is 83.4 Å². The number of aromatic carboxylic acids is 1. The van der Waals surface area contributed by atoms with Crippen molar-refractivity contribution in [3.8, 4) is 0 Å². The van der Waals surface area contributed by atoms with E-state index in [1.807, 2.05) is 0 Å². The molecule has 2 aromatic rings. The molecule has 0 unspecified atom stereocenters. The number of hydrogen-bond donors (Lipinski definition) is 1. The van der Waals surface area contributed by atoms with Gasteiger partial charge in [-0.15, -0.1) is 11.3 Å². The summed E-state index contributed by atoms with van der Waals surface area (Å²) in [6, 6.07) is 2.95. The Hall–Kier alpha value is -2.54. The second-order valence-corrected chi connectivity index (χ2v) is 6.26. The minimum atomic E-state index is -1.02. The van der Waals surface area contributed by atoms with Gasteiger partial charge in [-0.1, -0.05) is 0 Å². The molecule has 6 nitrogen and oxygen atoms in total. The molecule has 0 aromatic carbocycles. The largest absolute Gasteiger partial charge is 0.477 e. The van der Waals surface area contributed by atoms with Gasteiger partial charge >= 0.3 is 5.97 Å². The van der Waals surface area contributed by atoms with Crippen LogP contribution in [0.15, 0.2) is 30.6 Å². The van der Waals surface area contributed by atoms with E-state index in [0.717, 1.165) is 35.9 Å². The van der Waals surface area contributed by atoms with Crippen molar-refractivity contribution < 1.29 is 14.7 Å². The Morgan fingerprint density at radius 1 is 1.13 bits per heavy atom. The highest BCUT2D eigenvalue weighted by atomic mass is 32.1. The van der Waals surface area contributed by atoms with E-state index < -0.39 is 5.97 Å². The summed E-state index contributed by atoms with van der Waals surface area (Å²) < 4.78 is 0. The van der Waals surface area contributed by atoms with Gasteiger partial charge in [-0.05, 0) is 37.1 Å². The Morgan fingerprint density at radius 2 is 1.78 bits per heavy atom. The third-order valence-corrected chi connectivity index (χ3v) is 4.62. The first-order valence-corrected chi connectivity index (χ1v) is 8.07. The molecule has 0 radical (unpaired) electrons. The van der Waals surface area contributed by atoms with Crippen LogP contribution >= 0.6 is 11.3 Å². The average molecular weight is 329 g/mol. The quantitative estimate of drug-likeness (QED) is 0.671. The van der Waals surface area contributed by atoms with Gasteiger partial charge in [0.15, 0.2) is 5.78 Å². The van der Waals surface area contributed by atoms with Crippen LogP contribution in [0.3, 0.4) is 0 Å². The minimum Gasteiger partial charge on any atom is -0.477 e. The number of thiophene rings is 1. The van der Waals surface area contributed by atoms with Crippen LogP contribution in [0.1, 0.15) is 37.7 Å². The highest BCUT2D eigenvalue weighted by Gasteiger charge is 2.14. The lowest BCUT2D eigenvalue weighted by atomic mass is 10.2. The number of anilines is 1. The highest BCUT2D eigenvalue weighted by Crippen LogP contribution is 2.18. The number of rotatable bonds is 5. The van der Waals surface area contributed by atoms with Crippen molar-refractivity contribution in [3.05, 3.63) is 45.9 Å². The van der Waals surface area contributed by atoms with Crippen LogP contribution in [0, 0.1) is 0 Å². The van der Waals surface area contributed by atoms with E-state index in [4.69, 9.17) is 5.11 Å². The SMILES string of the molecule is O=C(O)c1ccc(C(=O)/C=C\c2cnc(N3CCCC3)nc2)s1. The minimum absolute atomic E-state index is 0.153. The molecular formula is C16H15N3O3S. The predicted molar refractivity (Wildman–Crippen MR) is 88.1 cm³/mol. The van der Waals surface area contributed by atoms with Crippen molar-refractivity contribution in [2.75, 3.05) is 18.0 Å². The maximum absolute atomic E-state index is 12.0. The first-order valence-electron chi connectivity index (χ1n) is 7.26. The van der Waals surface area contributed by atoms with Gasteiger partial charge in [-0.2, -0.15) is 0 Å². The lowest BCUT2D eigenvalue weighted by molar-refractivity contribution is 0.0702. The molecule has 1 saturated heterocycles. The number of carboxylic acid groups (broad SMARTS) is 1. The Bertz CT molecular complexity index is 746. The number of allylic oxidation sites excluding steroid dienone is 1. The number of carbonyl (C=O) groups is 2. The number of nitrogens with zero attached hydrogens (tertiary/aromatic N) is 3. The maximum Gasteiger partial charge on any atom is 0.345 e. The molecule has 3 heterocycles. The zero-order valence-corrected chi connectivity index (χ0v) is 13.1. The second-order valence-electron chi connectivity index (χ2n) is 5.18. The highest BCUT2D eigenvalue weighted by molar-refractivity contribution is 7.16. The first kappa shape index (κ1) is 15.4. The molecule has 1 N–H and O–H groups in total. The number of ketones is 1. The van der Waals surface area contributed by atoms with E-state index in [1.165, 1.54) is 31.1 Å². The molecule has 0 aliphatic carbocycles. The molecule has 3 rings (SSSR count). The van der Waals surface area contributed by atoms with Crippen LogP contribution in [0.5, 0.6) is 0 Å². The zero-order chi connectivity index (χ0) is 16.2. The molecule has 0 amide bonds. The van der Waals surface area contributed by atoms with Gasteiger partial charge in [-0.25, -0.2) is 14.8 Å². The summed E-state index contributed by atoms with van der Waals surface area (Å²) in [7, 11) is 0. The summed E-state index contributed by atoms with van der Waals surface area (Å²) in [5.74, 6) is -0.537. The molecule has 0 bridgehead atoms. The Morgan fingerprint density at radius 3 is 2.39 bits per heavy atom. The van der Waals surface area contributed by atoms with Crippen molar-refractivity contribution in [3.63, 3.8) is 0 Å². The fourth-order valence-corrected chi connectivity index (χ4v) is 3.10. The van der Waals surface area contributed by atoms with Crippen molar-refractivity contribution in [2.45, 2.75) is 12.8 Å². The summed E-state index contributed by atoms with van der Waals surface area (Å²) in [6.45, 7) is 1.97. The van der Waals surface area contributed by atoms with Crippen molar-refractivity contribution >= 4 is 35.1 Å². The van der Waals surface area contributed by atoms with Crippen LogP contribution in [0.4, 0.5) is 5.95 Å². The van der Waals surface area contributed by atoms with Crippen LogP contribution in [-0.4, -0.2) is 39.9 Å². The summed E-state index contributed by atoms with van der Waals surface area (Å²) in [6.07, 6.45) is 8.74. The summed E-state index contributed by atoms with van der Waals surface area (Å²) in [5.41, 5.74) is 0.733. The normalized spacial score (nSPS) is 14.5. The molecule has 7 heteroatoms. The molecule has 1 aliphatic heterocycles. The van der Waals surface area contributed by atoms with E-state index in [-0.39, 0.29) is 10.7 Å². The number of carboxylic acids is 1. The number of aromatic nitrogens is 2. The lowest BCUT2D eigenvalue weighted by Gasteiger charge is -2.14. The molecule has 1 aliphatic rings. The van der Waals surface area contributed by atoms with E-state index in [2.05, 4.69) is 14.9 Å². The van der Waals surface area contributed by atoms with E-state index in [1.54, 1.807) is 18.5 Å². The monoisotopic (exact) mass is 329 g/mol. The van der Waals surface area contributed by atoms with Crippen molar-refractivity contribution in [2.24, 2.45) is 0 Å². The third kappa shape index (κ3) is 3.62. The Balaban J connectivity index is 1.66. The molecule has 0 spiro atoms. The summed E-state index contributed by atoms with van der Waals surface area (Å²) >= 11 is 0.965. The fraction of sp³-hybridized carbons (Fsp3) is 0.250. The third-order valence-electron chi connectivity index (χ3n) is 3.53. The van der Waals surface area contributed by atoms with Gasteiger partial charge in [0.1, 0.15) is 4.88 Å². The lowest BCUT2D eigenvalue weighted by Crippen LogP contribution is -2.20. The van der Waals surface area contributed by atoms with Gasteiger partial charge in [0.05, 0.1) is 4.88 Å². The summed E-state index contributed by atoms with van der Waals surface area (Å²) in [4.78, 5) is 34.1. The molecule has 2 aromatic heterocycles. The fourth-order valence-electron chi connectivity index (χ4n) is 2.34. The van der Waals surface area contributed by atoms with Crippen LogP contribution in [0.2, 0.25) is 0 Å².